The molecule has 1 N–H and O–H groups in total. The van der Waals surface area contributed by atoms with Gasteiger partial charge >= 0.3 is 0 Å². The van der Waals surface area contributed by atoms with Gasteiger partial charge in [-0.3, -0.25) is 14.0 Å². The molecule has 0 saturated carbocycles. The van der Waals surface area contributed by atoms with Crippen molar-refractivity contribution in [3.63, 3.8) is 0 Å². The molecular formula is C22H20FN5O2S2. The predicted octanol–water partition coefficient (Wildman–Crippen LogP) is 3.92. The van der Waals surface area contributed by atoms with Crippen LogP contribution in [0, 0.1) is 19.7 Å². The lowest BCUT2D eigenvalue weighted by Gasteiger charge is -2.40. The van der Waals surface area contributed by atoms with E-state index in [9.17, 15) is 14.0 Å². The van der Waals surface area contributed by atoms with Gasteiger partial charge in [0.1, 0.15) is 17.2 Å². The SMILES string of the molecule is Cc1nc(C(=O)N2CCC2CNC(=O)c2c(C)nc3sccn23)c(-c2ccccc2F)s1. The fourth-order valence-electron chi connectivity index (χ4n) is 3.92. The Labute approximate surface area is 191 Å². The summed E-state index contributed by atoms with van der Waals surface area (Å²) in [4.78, 5) is 37.8. The molecule has 4 aromatic rings. The van der Waals surface area contributed by atoms with Crippen molar-refractivity contribution in [3.05, 3.63) is 63.7 Å². The van der Waals surface area contributed by atoms with Crippen LogP contribution in [0.2, 0.25) is 0 Å². The van der Waals surface area contributed by atoms with Crippen molar-refractivity contribution in [2.45, 2.75) is 26.3 Å². The number of hydrogen-bond donors (Lipinski definition) is 1. The van der Waals surface area contributed by atoms with E-state index < -0.39 is 0 Å². The number of rotatable bonds is 5. The van der Waals surface area contributed by atoms with E-state index in [1.165, 1.54) is 28.7 Å². The largest absolute Gasteiger partial charge is 0.349 e. The molecule has 1 aliphatic rings. The van der Waals surface area contributed by atoms with Crippen molar-refractivity contribution in [2.24, 2.45) is 0 Å². The fourth-order valence-corrected chi connectivity index (χ4v) is 5.62. The van der Waals surface area contributed by atoms with Crippen molar-refractivity contribution in [3.8, 4) is 10.4 Å². The maximum absolute atomic E-state index is 14.4. The number of halogens is 1. The van der Waals surface area contributed by atoms with Gasteiger partial charge in [0.25, 0.3) is 11.8 Å². The van der Waals surface area contributed by atoms with Gasteiger partial charge in [-0.1, -0.05) is 18.2 Å². The van der Waals surface area contributed by atoms with Crippen LogP contribution < -0.4 is 5.32 Å². The van der Waals surface area contributed by atoms with Gasteiger partial charge in [0.2, 0.25) is 0 Å². The first-order chi connectivity index (χ1) is 15.4. The quantitative estimate of drug-likeness (QED) is 0.481. The van der Waals surface area contributed by atoms with Gasteiger partial charge in [-0.05, 0) is 26.3 Å². The lowest BCUT2D eigenvalue weighted by atomic mass is 10.0. The van der Waals surface area contributed by atoms with Crippen molar-refractivity contribution in [1.29, 1.82) is 0 Å². The van der Waals surface area contributed by atoms with E-state index in [0.717, 1.165) is 11.4 Å². The average molecular weight is 470 g/mol. The Hall–Kier alpha value is -3.11. The van der Waals surface area contributed by atoms with Crippen molar-refractivity contribution in [1.82, 2.24) is 24.6 Å². The van der Waals surface area contributed by atoms with Gasteiger partial charge < -0.3 is 10.2 Å². The zero-order valence-electron chi connectivity index (χ0n) is 17.5. The zero-order chi connectivity index (χ0) is 22.4. The first-order valence-electron chi connectivity index (χ1n) is 10.2. The summed E-state index contributed by atoms with van der Waals surface area (Å²) in [6, 6.07) is 6.27. The Morgan fingerprint density at radius 3 is 2.81 bits per heavy atom. The number of aromatic nitrogens is 3. The summed E-state index contributed by atoms with van der Waals surface area (Å²) in [5.74, 6) is -0.836. The van der Waals surface area contributed by atoms with Gasteiger partial charge in [-0.2, -0.15) is 0 Å². The number of carbonyl (C=O) groups excluding carboxylic acids is 2. The molecule has 1 fully saturated rings. The average Bonchev–Trinajstić information content (AvgIpc) is 3.41. The summed E-state index contributed by atoms with van der Waals surface area (Å²) >= 11 is 2.78. The number of amides is 2. The van der Waals surface area contributed by atoms with Crippen molar-refractivity contribution < 1.29 is 14.0 Å². The van der Waals surface area contributed by atoms with Gasteiger partial charge in [0.05, 0.1) is 21.6 Å². The molecule has 0 spiro atoms. The molecule has 0 aliphatic carbocycles. The molecule has 0 bridgehead atoms. The third-order valence-electron chi connectivity index (χ3n) is 5.61. The third kappa shape index (κ3) is 3.49. The number of likely N-dealkylation sites (tertiary alicyclic amines) is 1. The second kappa shape index (κ2) is 8.10. The number of nitrogens with one attached hydrogen (secondary N) is 1. The summed E-state index contributed by atoms with van der Waals surface area (Å²) in [7, 11) is 0. The van der Waals surface area contributed by atoms with E-state index in [-0.39, 0.29) is 29.4 Å². The van der Waals surface area contributed by atoms with Gasteiger partial charge in [0, 0.05) is 30.2 Å². The number of imidazole rings is 1. The highest BCUT2D eigenvalue weighted by Crippen LogP contribution is 2.34. The molecule has 1 atom stereocenters. The lowest BCUT2D eigenvalue weighted by molar-refractivity contribution is 0.0451. The molecule has 3 aromatic heterocycles. The monoisotopic (exact) mass is 469 g/mol. The Bertz CT molecular complexity index is 1340. The summed E-state index contributed by atoms with van der Waals surface area (Å²) in [5, 5.41) is 5.52. The van der Waals surface area contributed by atoms with Crippen molar-refractivity contribution >= 4 is 39.4 Å². The molecule has 2 amide bonds. The standard InChI is InChI=1S/C22H20FN5O2S2/c1-12-18(28-9-10-31-22(28)25-12)20(29)24-11-14-7-8-27(14)21(30)17-19(32-13(2)26-17)15-5-3-4-6-16(15)23/h3-6,9-10,14H,7-8,11H2,1-2H3,(H,24,29). The second-order valence-corrected chi connectivity index (χ2v) is 9.72. The number of benzene rings is 1. The first kappa shape index (κ1) is 20.8. The van der Waals surface area contributed by atoms with Crippen LogP contribution in [-0.4, -0.2) is 50.2 Å². The molecule has 4 heterocycles. The van der Waals surface area contributed by atoms with Crippen LogP contribution >= 0.6 is 22.7 Å². The minimum absolute atomic E-state index is 0.131. The Morgan fingerprint density at radius 1 is 1.25 bits per heavy atom. The van der Waals surface area contributed by atoms with E-state index in [1.807, 2.05) is 18.5 Å². The van der Waals surface area contributed by atoms with Crippen LogP contribution in [0.3, 0.4) is 0 Å². The van der Waals surface area contributed by atoms with E-state index in [2.05, 4.69) is 15.3 Å². The van der Waals surface area contributed by atoms with Crippen LogP contribution in [0.5, 0.6) is 0 Å². The third-order valence-corrected chi connectivity index (χ3v) is 7.37. The summed E-state index contributed by atoms with van der Waals surface area (Å²) < 4.78 is 16.1. The molecule has 1 aromatic carbocycles. The number of thiazole rings is 2. The zero-order valence-corrected chi connectivity index (χ0v) is 19.1. The number of nitrogens with zero attached hydrogens (tertiary/aromatic N) is 4. The molecule has 1 unspecified atom stereocenters. The topological polar surface area (TPSA) is 79.6 Å². The van der Waals surface area contributed by atoms with Crippen LogP contribution in [0.25, 0.3) is 15.4 Å². The highest BCUT2D eigenvalue weighted by atomic mass is 32.1. The summed E-state index contributed by atoms with van der Waals surface area (Å²) in [5.41, 5.74) is 1.82. The molecular weight excluding hydrogens is 449 g/mol. The van der Waals surface area contributed by atoms with Crippen molar-refractivity contribution in [2.75, 3.05) is 13.1 Å². The van der Waals surface area contributed by atoms with Crippen LogP contribution in [0.4, 0.5) is 4.39 Å². The smallest absolute Gasteiger partial charge is 0.274 e. The number of hydrogen-bond acceptors (Lipinski definition) is 6. The van der Waals surface area contributed by atoms with Gasteiger partial charge in [-0.15, -0.1) is 22.7 Å². The molecule has 0 radical (unpaired) electrons. The second-order valence-electron chi connectivity index (χ2n) is 7.64. The van der Waals surface area contributed by atoms with Gasteiger partial charge in [0.15, 0.2) is 4.96 Å². The van der Waals surface area contributed by atoms with Gasteiger partial charge in [-0.25, -0.2) is 14.4 Å². The normalized spacial score (nSPS) is 15.7. The predicted molar refractivity (Wildman–Crippen MR) is 122 cm³/mol. The number of fused-ring (bicyclic) bond motifs is 1. The maximum Gasteiger partial charge on any atom is 0.274 e. The maximum atomic E-state index is 14.4. The number of carbonyl (C=O) groups is 2. The van der Waals surface area contributed by atoms with Crippen LogP contribution in [0.1, 0.15) is 38.1 Å². The Kier molecular flexibility index (Phi) is 5.26. The molecule has 32 heavy (non-hydrogen) atoms. The number of aryl methyl sites for hydroxylation is 2. The first-order valence-corrected chi connectivity index (χ1v) is 11.9. The molecule has 1 saturated heterocycles. The van der Waals surface area contributed by atoms with E-state index in [0.29, 0.717) is 39.9 Å². The molecule has 5 rings (SSSR count). The highest BCUT2D eigenvalue weighted by molar-refractivity contribution is 7.15. The van der Waals surface area contributed by atoms with Crippen LogP contribution in [0.15, 0.2) is 35.8 Å². The van der Waals surface area contributed by atoms with E-state index >= 15 is 0 Å². The Balaban J connectivity index is 1.32. The molecule has 164 valence electrons. The summed E-state index contributed by atoms with van der Waals surface area (Å²) in [6.07, 6.45) is 2.60. The van der Waals surface area contributed by atoms with Crippen LogP contribution in [-0.2, 0) is 0 Å². The molecule has 10 heteroatoms. The summed E-state index contributed by atoms with van der Waals surface area (Å²) in [6.45, 7) is 4.52. The fraction of sp³-hybridized carbons (Fsp3) is 0.273. The molecule has 1 aliphatic heterocycles. The minimum atomic E-state index is -0.381. The minimum Gasteiger partial charge on any atom is -0.349 e. The van der Waals surface area contributed by atoms with E-state index in [1.54, 1.807) is 34.4 Å². The lowest BCUT2D eigenvalue weighted by Crippen LogP contribution is -2.56. The molecule has 7 nitrogen and oxygen atoms in total. The van der Waals surface area contributed by atoms with E-state index in [4.69, 9.17) is 0 Å². The Morgan fingerprint density at radius 2 is 2.06 bits per heavy atom. The highest BCUT2D eigenvalue weighted by Gasteiger charge is 2.36.